The van der Waals surface area contributed by atoms with Crippen LogP contribution in [0.3, 0.4) is 0 Å². The van der Waals surface area contributed by atoms with Crippen molar-refractivity contribution in [3.8, 4) is 6.07 Å². The lowest BCUT2D eigenvalue weighted by molar-refractivity contribution is 0.0921. The molecule has 17 heavy (non-hydrogen) atoms. The molecule has 0 saturated carbocycles. The third-order valence-corrected chi connectivity index (χ3v) is 2.69. The van der Waals surface area contributed by atoms with Crippen molar-refractivity contribution in [1.82, 2.24) is 15.5 Å². The molecule has 1 aromatic heterocycles. The number of carbonyl (C=O) groups excluding carboxylic acids is 1. The number of hydrogen-bond donors (Lipinski definition) is 1. The third-order valence-electron chi connectivity index (χ3n) is 2.69. The van der Waals surface area contributed by atoms with Gasteiger partial charge in [-0.3, -0.25) is 4.79 Å². The van der Waals surface area contributed by atoms with E-state index in [2.05, 4.69) is 21.6 Å². The molecule has 5 nitrogen and oxygen atoms in total. The van der Waals surface area contributed by atoms with Crippen LogP contribution in [0.15, 0.2) is 6.07 Å². The highest BCUT2D eigenvalue weighted by Gasteiger charge is 2.25. The third kappa shape index (κ3) is 3.00. The van der Waals surface area contributed by atoms with Gasteiger partial charge in [-0.2, -0.15) is 15.5 Å². The van der Waals surface area contributed by atoms with Gasteiger partial charge in [-0.1, -0.05) is 6.92 Å². The normalized spacial score (nSPS) is 13.6. The lowest BCUT2D eigenvalue weighted by Gasteiger charge is -2.21. The fourth-order valence-electron chi connectivity index (χ4n) is 1.29. The molecule has 1 heterocycles. The smallest absolute Gasteiger partial charge is 0.254 e. The maximum absolute atomic E-state index is 12.0. The summed E-state index contributed by atoms with van der Waals surface area (Å²) in [4.78, 5) is 12.0. The molecule has 0 aromatic carbocycles. The Morgan fingerprint density at radius 2 is 2.18 bits per heavy atom. The van der Waals surface area contributed by atoms with E-state index >= 15 is 0 Å². The Bertz CT molecular complexity index is 478. The zero-order valence-corrected chi connectivity index (χ0v) is 10.5. The molecule has 1 atom stereocenters. The molecule has 0 fully saturated rings. The van der Waals surface area contributed by atoms with Crippen LogP contribution < -0.4 is 5.32 Å². The van der Waals surface area contributed by atoms with Crippen molar-refractivity contribution in [3.05, 3.63) is 23.0 Å². The highest BCUT2D eigenvalue weighted by Crippen LogP contribution is 2.11. The van der Waals surface area contributed by atoms with E-state index in [1.807, 2.05) is 6.92 Å². The standard InChI is InChI=1S/C12H16N4O/c1-5-12(4,7-13)14-11(17)10-6-8(2)15-16-9(10)3/h6H,5H2,1-4H3,(H,14,17). The quantitative estimate of drug-likeness (QED) is 0.856. The molecule has 0 aliphatic rings. The van der Waals surface area contributed by atoms with Gasteiger partial charge >= 0.3 is 0 Å². The highest BCUT2D eigenvalue weighted by molar-refractivity contribution is 5.95. The molecule has 1 rings (SSSR count). The van der Waals surface area contributed by atoms with Gasteiger partial charge in [-0.05, 0) is 33.3 Å². The van der Waals surface area contributed by atoms with Crippen molar-refractivity contribution in [2.45, 2.75) is 39.7 Å². The first-order valence-electron chi connectivity index (χ1n) is 5.46. The van der Waals surface area contributed by atoms with Crippen LogP contribution in [-0.4, -0.2) is 21.6 Å². The molecule has 90 valence electrons. The van der Waals surface area contributed by atoms with Crippen molar-refractivity contribution >= 4 is 5.91 Å². The molecule has 0 saturated heterocycles. The summed E-state index contributed by atoms with van der Waals surface area (Å²) in [5.41, 5.74) is 0.855. The summed E-state index contributed by atoms with van der Waals surface area (Å²) < 4.78 is 0. The maximum atomic E-state index is 12.0. The summed E-state index contributed by atoms with van der Waals surface area (Å²) in [6, 6.07) is 3.77. The number of carbonyl (C=O) groups is 1. The van der Waals surface area contributed by atoms with Crippen LogP contribution in [-0.2, 0) is 0 Å². The van der Waals surface area contributed by atoms with Gasteiger partial charge in [0.1, 0.15) is 5.54 Å². The van der Waals surface area contributed by atoms with E-state index in [4.69, 9.17) is 5.26 Å². The fraction of sp³-hybridized carbons (Fsp3) is 0.500. The van der Waals surface area contributed by atoms with Crippen molar-refractivity contribution < 1.29 is 4.79 Å². The molecule has 5 heteroatoms. The van der Waals surface area contributed by atoms with Gasteiger partial charge in [0.25, 0.3) is 5.91 Å². The lowest BCUT2D eigenvalue weighted by atomic mass is 10.0. The number of amides is 1. The Morgan fingerprint density at radius 1 is 1.53 bits per heavy atom. The first-order chi connectivity index (χ1) is 7.91. The molecule has 1 amide bonds. The molecular formula is C12H16N4O. The lowest BCUT2D eigenvalue weighted by Crippen LogP contribution is -2.44. The second-order valence-electron chi connectivity index (χ2n) is 4.24. The topological polar surface area (TPSA) is 78.7 Å². The molecule has 0 bridgehead atoms. The van der Waals surface area contributed by atoms with Gasteiger partial charge in [-0.25, -0.2) is 0 Å². The molecule has 0 aliphatic heterocycles. The molecule has 1 N–H and O–H groups in total. The predicted molar refractivity (Wildman–Crippen MR) is 63.3 cm³/mol. The van der Waals surface area contributed by atoms with Gasteiger partial charge in [0.05, 0.1) is 23.0 Å². The van der Waals surface area contributed by atoms with Gasteiger partial charge in [0, 0.05) is 0 Å². The first-order valence-corrected chi connectivity index (χ1v) is 5.46. The number of nitriles is 1. The average Bonchev–Trinajstić information content (AvgIpc) is 2.32. The van der Waals surface area contributed by atoms with E-state index in [-0.39, 0.29) is 5.91 Å². The van der Waals surface area contributed by atoms with E-state index in [1.165, 1.54) is 0 Å². The number of aryl methyl sites for hydroxylation is 2. The van der Waals surface area contributed by atoms with Gasteiger partial charge < -0.3 is 5.32 Å². The molecule has 1 aromatic rings. The van der Waals surface area contributed by atoms with Crippen LogP contribution in [0, 0.1) is 25.2 Å². The summed E-state index contributed by atoms with van der Waals surface area (Å²) >= 11 is 0. The Kier molecular flexibility index (Phi) is 3.79. The molecule has 0 aliphatic carbocycles. The second-order valence-corrected chi connectivity index (χ2v) is 4.24. The van der Waals surface area contributed by atoms with Crippen LogP contribution in [0.4, 0.5) is 0 Å². The summed E-state index contributed by atoms with van der Waals surface area (Å²) in [6.07, 6.45) is 0.547. The number of rotatable bonds is 3. The molecule has 0 spiro atoms. The number of aromatic nitrogens is 2. The van der Waals surface area contributed by atoms with E-state index in [0.29, 0.717) is 23.4 Å². The largest absolute Gasteiger partial charge is 0.334 e. The zero-order valence-electron chi connectivity index (χ0n) is 10.5. The first kappa shape index (κ1) is 13.1. The van der Waals surface area contributed by atoms with E-state index in [0.717, 1.165) is 0 Å². The average molecular weight is 232 g/mol. The predicted octanol–water partition coefficient (Wildman–Crippen LogP) is 1.52. The van der Waals surface area contributed by atoms with Crippen LogP contribution in [0.2, 0.25) is 0 Å². The fourth-order valence-corrected chi connectivity index (χ4v) is 1.29. The van der Waals surface area contributed by atoms with Crippen molar-refractivity contribution in [3.63, 3.8) is 0 Å². The van der Waals surface area contributed by atoms with Crippen LogP contribution in [0.1, 0.15) is 42.0 Å². The highest BCUT2D eigenvalue weighted by atomic mass is 16.1. The SMILES string of the molecule is CCC(C)(C#N)NC(=O)c1cc(C)nnc1C. The second kappa shape index (κ2) is 4.91. The molecule has 0 radical (unpaired) electrons. The summed E-state index contributed by atoms with van der Waals surface area (Å²) in [5, 5.41) is 19.5. The summed E-state index contributed by atoms with van der Waals surface area (Å²) in [5.74, 6) is -0.286. The molecule has 1 unspecified atom stereocenters. The van der Waals surface area contributed by atoms with Crippen molar-refractivity contribution in [1.29, 1.82) is 5.26 Å². The Morgan fingerprint density at radius 3 is 2.71 bits per heavy atom. The van der Waals surface area contributed by atoms with Crippen LogP contribution in [0.25, 0.3) is 0 Å². The minimum atomic E-state index is -0.847. The van der Waals surface area contributed by atoms with Gasteiger partial charge in [0.2, 0.25) is 0 Å². The van der Waals surface area contributed by atoms with Crippen LogP contribution in [0.5, 0.6) is 0 Å². The maximum Gasteiger partial charge on any atom is 0.254 e. The molecular weight excluding hydrogens is 216 g/mol. The minimum absolute atomic E-state index is 0.286. The van der Waals surface area contributed by atoms with Crippen LogP contribution >= 0.6 is 0 Å². The monoisotopic (exact) mass is 232 g/mol. The Balaban J connectivity index is 2.99. The Hall–Kier alpha value is -1.96. The number of hydrogen-bond acceptors (Lipinski definition) is 4. The Labute approximate surface area is 101 Å². The van der Waals surface area contributed by atoms with Crippen molar-refractivity contribution in [2.24, 2.45) is 0 Å². The zero-order chi connectivity index (χ0) is 13.1. The number of nitrogens with one attached hydrogen (secondary N) is 1. The van der Waals surface area contributed by atoms with Gasteiger partial charge in [-0.15, -0.1) is 0 Å². The van der Waals surface area contributed by atoms with Crippen molar-refractivity contribution in [2.75, 3.05) is 0 Å². The number of nitrogens with zero attached hydrogens (tertiary/aromatic N) is 3. The van der Waals surface area contributed by atoms with Gasteiger partial charge in [0.15, 0.2) is 0 Å². The van der Waals surface area contributed by atoms with E-state index in [9.17, 15) is 4.79 Å². The minimum Gasteiger partial charge on any atom is -0.334 e. The van der Waals surface area contributed by atoms with E-state index in [1.54, 1.807) is 26.8 Å². The summed E-state index contributed by atoms with van der Waals surface area (Å²) in [7, 11) is 0. The summed E-state index contributed by atoms with van der Waals surface area (Å²) in [6.45, 7) is 7.04. The van der Waals surface area contributed by atoms with E-state index < -0.39 is 5.54 Å².